The summed E-state index contributed by atoms with van der Waals surface area (Å²) in [4.78, 5) is 11.5. The molecule has 0 bridgehead atoms. The van der Waals surface area contributed by atoms with Gasteiger partial charge in [-0.15, -0.1) is 0 Å². The van der Waals surface area contributed by atoms with Crippen LogP contribution in [0.15, 0.2) is 48.5 Å². The molecule has 0 saturated carbocycles. The predicted molar refractivity (Wildman–Crippen MR) is 148 cm³/mol. The van der Waals surface area contributed by atoms with Gasteiger partial charge in [0.25, 0.3) is 0 Å². The number of amides is 1. The number of carbonyl (C=O) groups is 1. The lowest BCUT2D eigenvalue weighted by molar-refractivity contribution is -0.119. The number of nitrogens with one attached hydrogen (secondary N) is 1. The number of methoxy groups -OCH3 is 1. The quantitative estimate of drug-likeness (QED) is 0.219. The van der Waals surface area contributed by atoms with E-state index in [1.807, 2.05) is 24.3 Å². The van der Waals surface area contributed by atoms with E-state index >= 15 is 0 Å². The molecule has 1 amide bonds. The molecule has 0 fully saturated rings. The van der Waals surface area contributed by atoms with Crippen LogP contribution in [0.25, 0.3) is 0 Å². The lowest BCUT2D eigenvalue weighted by Gasteiger charge is -2.09. The maximum atomic E-state index is 11.5. The van der Waals surface area contributed by atoms with Crippen LogP contribution in [0.4, 0.5) is 0 Å². The van der Waals surface area contributed by atoms with Gasteiger partial charge in [0, 0.05) is 14.2 Å². The number of rotatable bonds is 23. The Morgan fingerprint density at radius 2 is 1.03 bits per heavy atom. The maximum Gasteiger partial charge on any atom is 0.224 e. The van der Waals surface area contributed by atoms with Crippen LogP contribution in [0.2, 0.25) is 0 Å². The van der Waals surface area contributed by atoms with E-state index in [2.05, 4.69) is 29.6 Å². The van der Waals surface area contributed by atoms with Crippen LogP contribution in [0.5, 0.6) is 5.75 Å². The van der Waals surface area contributed by atoms with Crippen LogP contribution in [-0.4, -0.2) is 86.1 Å². The van der Waals surface area contributed by atoms with Crippen molar-refractivity contribution in [3.8, 4) is 5.75 Å². The van der Waals surface area contributed by atoms with Crippen molar-refractivity contribution in [1.29, 1.82) is 0 Å². The summed E-state index contributed by atoms with van der Waals surface area (Å²) in [7, 11) is 3.31. The van der Waals surface area contributed by atoms with Gasteiger partial charge in [-0.05, 0) is 54.5 Å². The number of carbonyl (C=O) groups excluding carboxylic acids is 1. The molecule has 2 aromatic carbocycles. The fourth-order valence-corrected chi connectivity index (χ4v) is 3.63. The molecule has 0 aliphatic rings. The first-order valence-corrected chi connectivity index (χ1v) is 13.5. The van der Waals surface area contributed by atoms with Crippen LogP contribution in [0.1, 0.15) is 29.5 Å². The Hall–Kier alpha value is -2.49. The molecule has 8 heteroatoms. The van der Waals surface area contributed by atoms with Crippen LogP contribution in [0, 0.1) is 0 Å². The fraction of sp³-hybridized carbons (Fsp3) is 0.567. The number of aryl methyl sites for hydroxylation is 2. The van der Waals surface area contributed by atoms with Gasteiger partial charge in [-0.3, -0.25) is 4.79 Å². The number of hydrogen-bond donors (Lipinski definition) is 1. The molecule has 2 aromatic rings. The summed E-state index contributed by atoms with van der Waals surface area (Å²) < 4.78 is 32.4. The second-order valence-electron chi connectivity index (χ2n) is 8.81. The Morgan fingerprint density at radius 1 is 0.605 bits per heavy atom. The van der Waals surface area contributed by atoms with Crippen molar-refractivity contribution in [1.82, 2.24) is 5.32 Å². The van der Waals surface area contributed by atoms with E-state index in [0.29, 0.717) is 72.5 Å². The molecule has 1 N–H and O–H groups in total. The molecule has 0 aliphatic heterocycles. The molecule has 0 unspecified atom stereocenters. The summed E-state index contributed by atoms with van der Waals surface area (Å²) >= 11 is 0. The molecule has 0 heterocycles. The van der Waals surface area contributed by atoms with E-state index in [0.717, 1.165) is 37.0 Å². The molecule has 0 saturated heterocycles. The molecule has 0 radical (unpaired) electrons. The first kappa shape index (κ1) is 31.7. The van der Waals surface area contributed by atoms with Gasteiger partial charge in [0.15, 0.2) is 0 Å². The zero-order valence-electron chi connectivity index (χ0n) is 23.1. The van der Waals surface area contributed by atoms with E-state index in [1.54, 1.807) is 14.2 Å². The van der Waals surface area contributed by atoms with Gasteiger partial charge in [-0.25, -0.2) is 0 Å². The summed E-state index contributed by atoms with van der Waals surface area (Å²) in [5.41, 5.74) is 3.67. The average Bonchev–Trinajstić information content (AvgIpc) is 2.94. The molecule has 0 aromatic heterocycles. The van der Waals surface area contributed by atoms with E-state index in [1.165, 1.54) is 11.1 Å². The van der Waals surface area contributed by atoms with E-state index in [-0.39, 0.29) is 5.91 Å². The summed E-state index contributed by atoms with van der Waals surface area (Å²) in [6.45, 7) is 5.48. The Bertz CT molecular complexity index is 843. The highest BCUT2D eigenvalue weighted by atomic mass is 16.6. The number of benzene rings is 2. The Balaban J connectivity index is 1.42. The smallest absolute Gasteiger partial charge is 0.224 e. The summed E-state index contributed by atoms with van der Waals surface area (Å²) in [6, 6.07) is 16.6. The molecule has 0 atom stereocenters. The highest BCUT2D eigenvalue weighted by molar-refractivity contribution is 5.78. The third-order valence-electron chi connectivity index (χ3n) is 5.81. The Labute approximate surface area is 227 Å². The van der Waals surface area contributed by atoms with E-state index in [9.17, 15) is 4.79 Å². The molecule has 2 rings (SSSR count). The minimum atomic E-state index is 0.0401. The van der Waals surface area contributed by atoms with Gasteiger partial charge in [0.05, 0.1) is 65.9 Å². The largest absolute Gasteiger partial charge is 0.491 e. The minimum Gasteiger partial charge on any atom is -0.491 e. The van der Waals surface area contributed by atoms with Gasteiger partial charge >= 0.3 is 0 Å². The standard InChI is InChI=1S/C30H45NO7/c1-31-30(32)25-28-9-7-26(8-10-28)5-3-4-6-27-11-13-29(14-12-27)38-24-23-37-22-21-36-20-19-35-18-17-34-16-15-33-2/h7-14H,3-6,15-25H2,1-2H3,(H,31,32). The zero-order valence-corrected chi connectivity index (χ0v) is 23.1. The average molecular weight is 532 g/mol. The molecular formula is C30H45NO7. The summed E-state index contributed by atoms with van der Waals surface area (Å²) in [6.07, 6.45) is 4.79. The van der Waals surface area contributed by atoms with Crippen molar-refractivity contribution in [3.05, 3.63) is 65.2 Å². The molecule has 212 valence electrons. The lowest BCUT2D eigenvalue weighted by atomic mass is 10.0. The number of hydrogen-bond acceptors (Lipinski definition) is 7. The van der Waals surface area contributed by atoms with Gasteiger partial charge in [-0.1, -0.05) is 36.4 Å². The zero-order chi connectivity index (χ0) is 27.1. The van der Waals surface area contributed by atoms with E-state index in [4.69, 9.17) is 28.4 Å². The van der Waals surface area contributed by atoms with Gasteiger partial charge in [-0.2, -0.15) is 0 Å². The second kappa shape index (κ2) is 21.4. The Kier molecular flexibility index (Phi) is 17.9. The number of unbranched alkanes of at least 4 members (excludes halogenated alkanes) is 1. The van der Waals surface area contributed by atoms with E-state index < -0.39 is 0 Å². The molecular weight excluding hydrogens is 486 g/mol. The second-order valence-corrected chi connectivity index (χ2v) is 8.81. The van der Waals surface area contributed by atoms with Crippen molar-refractivity contribution in [2.45, 2.75) is 32.1 Å². The highest BCUT2D eigenvalue weighted by Gasteiger charge is 2.02. The predicted octanol–water partition coefficient (Wildman–Crippen LogP) is 3.63. The van der Waals surface area contributed by atoms with Crippen LogP contribution < -0.4 is 10.1 Å². The molecule has 0 aliphatic carbocycles. The van der Waals surface area contributed by atoms with Crippen molar-refractivity contribution in [2.75, 3.05) is 80.2 Å². The first-order valence-electron chi connectivity index (χ1n) is 13.5. The van der Waals surface area contributed by atoms with Crippen molar-refractivity contribution in [2.24, 2.45) is 0 Å². The molecule has 0 spiro atoms. The minimum absolute atomic E-state index is 0.0401. The number of likely N-dealkylation sites (N-methyl/N-ethyl adjacent to an activating group) is 1. The van der Waals surface area contributed by atoms with Crippen LogP contribution in [0.3, 0.4) is 0 Å². The third kappa shape index (κ3) is 15.7. The summed E-state index contributed by atoms with van der Waals surface area (Å²) in [5, 5.41) is 2.66. The maximum absolute atomic E-state index is 11.5. The SMILES string of the molecule is CNC(=O)Cc1ccc(CCCCc2ccc(OCCOCCOCCOCCOCCOC)cc2)cc1. The first-order chi connectivity index (χ1) is 18.7. The Morgan fingerprint density at radius 3 is 1.50 bits per heavy atom. The normalized spacial score (nSPS) is 11.0. The topological polar surface area (TPSA) is 84.5 Å². The lowest BCUT2D eigenvalue weighted by Crippen LogP contribution is -2.19. The van der Waals surface area contributed by atoms with Crippen molar-refractivity contribution in [3.63, 3.8) is 0 Å². The molecule has 8 nitrogen and oxygen atoms in total. The van der Waals surface area contributed by atoms with Gasteiger partial charge in [0.2, 0.25) is 5.91 Å². The highest BCUT2D eigenvalue weighted by Crippen LogP contribution is 2.15. The fourth-order valence-electron chi connectivity index (χ4n) is 3.63. The van der Waals surface area contributed by atoms with Crippen molar-refractivity contribution >= 4 is 5.91 Å². The van der Waals surface area contributed by atoms with Crippen LogP contribution >= 0.6 is 0 Å². The van der Waals surface area contributed by atoms with Crippen molar-refractivity contribution < 1.29 is 33.2 Å². The monoisotopic (exact) mass is 531 g/mol. The summed E-state index contributed by atoms with van der Waals surface area (Å²) in [5.74, 6) is 0.895. The molecule has 38 heavy (non-hydrogen) atoms. The number of ether oxygens (including phenoxy) is 6. The van der Waals surface area contributed by atoms with Crippen LogP contribution in [-0.2, 0) is 47.7 Å². The third-order valence-corrected chi connectivity index (χ3v) is 5.81. The van der Waals surface area contributed by atoms with Gasteiger partial charge < -0.3 is 33.7 Å². The van der Waals surface area contributed by atoms with Gasteiger partial charge in [0.1, 0.15) is 12.4 Å².